The molecule has 9 heteroatoms. The second-order valence-electron chi connectivity index (χ2n) is 6.47. The van der Waals surface area contributed by atoms with Crippen molar-refractivity contribution in [3.63, 3.8) is 0 Å². The second kappa shape index (κ2) is 6.75. The summed E-state index contributed by atoms with van der Waals surface area (Å²) in [4.78, 5) is 17.0. The number of piperidine rings is 1. The molecule has 3 N–H and O–H groups in total. The Morgan fingerprint density at radius 3 is 2.88 bits per heavy atom. The fourth-order valence-corrected chi connectivity index (χ4v) is 3.08. The number of rotatable bonds is 4. The van der Waals surface area contributed by atoms with Crippen LogP contribution in [0.4, 0.5) is 5.95 Å². The summed E-state index contributed by atoms with van der Waals surface area (Å²) in [6, 6.07) is 5.34. The number of carbonyl (C=O) groups is 1. The van der Waals surface area contributed by atoms with E-state index in [0.717, 1.165) is 37.5 Å². The molecule has 0 aliphatic carbocycles. The zero-order valence-electron chi connectivity index (χ0n) is 14.7. The molecule has 0 spiro atoms. The molecule has 1 aliphatic rings. The summed E-state index contributed by atoms with van der Waals surface area (Å²) in [5, 5.41) is 17.4. The summed E-state index contributed by atoms with van der Waals surface area (Å²) in [7, 11) is 1.77. The highest BCUT2D eigenvalue weighted by Crippen LogP contribution is 2.24. The molecule has 1 fully saturated rings. The SMILES string of the molecule is Cc1ccc(-c2cc(C(=O)Nc3nc(C4CCNCC4)nn3C)n[nH]2)o1. The predicted molar refractivity (Wildman–Crippen MR) is 94.8 cm³/mol. The standard InChI is InChI=1S/C17H21N7O2/c1-10-3-4-14(26-10)12-9-13(22-21-12)16(25)20-17-19-15(23-24(17)2)11-5-7-18-8-6-11/h3-4,9,11,18H,5-8H2,1-2H3,(H,21,22)(H,19,20,23,25). The van der Waals surface area contributed by atoms with Crippen molar-refractivity contribution in [3.05, 3.63) is 35.5 Å². The van der Waals surface area contributed by atoms with Gasteiger partial charge in [0.2, 0.25) is 5.95 Å². The van der Waals surface area contributed by atoms with E-state index in [0.29, 0.717) is 23.3 Å². The van der Waals surface area contributed by atoms with Crippen LogP contribution in [0.1, 0.15) is 40.8 Å². The van der Waals surface area contributed by atoms with E-state index >= 15 is 0 Å². The lowest BCUT2D eigenvalue weighted by Crippen LogP contribution is -2.27. The van der Waals surface area contributed by atoms with Crippen LogP contribution in [0.25, 0.3) is 11.5 Å². The van der Waals surface area contributed by atoms with Gasteiger partial charge in [0.15, 0.2) is 17.3 Å². The molecule has 3 aromatic rings. The number of carbonyl (C=O) groups excluding carboxylic acids is 1. The second-order valence-corrected chi connectivity index (χ2v) is 6.47. The fourth-order valence-electron chi connectivity index (χ4n) is 3.08. The van der Waals surface area contributed by atoms with Crippen molar-refractivity contribution in [3.8, 4) is 11.5 Å². The van der Waals surface area contributed by atoms with E-state index in [4.69, 9.17) is 4.42 Å². The van der Waals surface area contributed by atoms with E-state index in [-0.39, 0.29) is 11.6 Å². The number of hydrogen-bond acceptors (Lipinski definition) is 6. The molecular weight excluding hydrogens is 334 g/mol. The maximum Gasteiger partial charge on any atom is 0.278 e. The monoisotopic (exact) mass is 355 g/mol. The van der Waals surface area contributed by atoms with Gasteiger partial charge in [-0.2, -0.15) is 15.2 Å². The van der Waals surface area contributed by atoms with Gasteiger partial charge in [-0.3, -0.25) is 15.2 Å². The molecule has 3 aromatic heterocycles. The van der Waals surface area contributed by atoms with Crippen molar-refractivity contribution in [1.29, 1.82) is 0 Å². The van der Waals surface area contributed by atoms with Crippen LogP contribution in [0.2, 0.25) is 0 Å². The number of H-pyrrole nitrogens is 1. The number of nitrogens with zero attached hydrogens (tertiary/aromatic N) is 4. The van der Waals surface area contributed by atoms with Crippen LogP contribution in [-0.2, 0) is 7.05 Å². The molecule has 0 unspecified atom stereocenters. The fraction of sp³-hybridized carbons (Fsp3) is 0.412. The highest BCUT2D eigenvalue weighted by Gasteiger charge is 2.22. The highest BCUT2D eigenvalue weighted by molar-refractivity contribution is 6.02. The smallest absolute Gasteiger partial charge is 0.278 e. The number of anilines is 1. The van der Waals surface area contributed by atoms with Gasteiger partial charge in [0.05, 0.1) is 0 Å². The first-order valence-electron chi connectivity index (χ1n) is 8.65. The summed E-state index contributed by atoms with van der Waals surface area (Å²) in [6.45, 7) is 3.79. The number of aromatic amines is 1. The molecule has 0 atom stereocenters. The molecule has 0 saturated carbocycles. The third-order valence-corrected chi connectivity index (χ3v) is 4.53. The molecule has 0 bridgehead atoms. The molecule has 4 rings (SSSR count). The van der Waals surface area contributed by atoms with E-state index in [1.165, 1.54) is 0 Å². The summed E-state index contributed by atoms with van der Waals surface area (Å²) in [5.41, 5.74) is 0.914. The van der Waals surface area contributed by atoms with E-state index < -0.39 is 0 Å². The Hall–Kier alpha value is -2.94. The largest absolute Gasteiger partial charge is 0.460 e. The molecule has 1 amide bonds. The van der Waals surface area contributed by atoms with Crippen LogP contribution in [0.5, 0.6) is 0 Å². The number of aryl methyl sites for hydroxylation is 2. The first-order chi connectivity index (χ1) is 12.6. The summed E-state index contributed by atoms with van der Waals surface area (Å²) < 4.78 is 7.13. The Kier molecular flexibility index (Phi) is 4.29. The molecular formula is C17H21N7O2. The minimum absolute atomic E-state index is 0.264. The van der Waals surface area contributed by atoms with Gasteiger partial charge >= 0.3 is 0 Å². The van der Waals surface area contributed by atoms with Crippen LogP contribution >= 0.6 is 0 Å². The Balaban J connectivity index is 1.48. The van der Waals surface area contributed by atoms with Crippen molar-refractivity contribution in [1.82, 2.24) is 30.3 Å². The Labute approximate surface area is 150 Å². The summed E-state index contributed by atoms with van der Waals surface area (Å²) >= 11 is 0. The van der Waals surface area contributed by atoms with Crippen LogP contribution in [-0.4, -0.2) is 44.0 Å². The first-order valence-corrected chi connectivity index (χ1v) is 8.65. The number of aromatic nitrogens is 5. The first kappa shape index (κ1) is 16.5. The third kappa shape index (κ3) is 3.25. The maximum absolute atomic E-state index is 12.5. The van der Waals surface area contributed by atoms with Crippen molar-refractivity contribution in [2.45, 2.75) is 25.7 Å². The zero-order valence-corrected chi connectivity index (χ0v) is 14.7. The Morgan fingerprint density at radius 1 is 1.35 bits per heavy atom. The van der Waals surface area contributed by atoms with Gasteiger partial charge < -0.3 is 9.73 Å². The van der Waals surface area contributed by atoms with E-state index in [9.17, 15) is 4.79 Å². The van der Waals surface area contributed by atoms with Gasteiger partial charge in [0, 0.05) is 19.0 Å². The van der Waals surface area contributed by atoms with Crippen LogP contribution in [0.3, 0.4) is 0 Å². The van der Waals surface area contributed by atoms with Crippen LogP contribution < -0.4 is 10.6 Å². The topological polar surface area (TPSA) is 114 Å². The Bertz CT molecular complexity index is 917. The van der Waals surface area contributed by atoms with Crippen molar-refractivity contribution >= 4 is 11.9 Å². The quantitative estimate of drug-likeness (QED) is 0.658. The number of amides is 1. The molecule has 0 radical (unpaired) electrons. The molecule has 26 heavy (non-hydrogen) atoms. The lowest BCUT2D eigenvalue weighted by Gasteiger charge is -2.19. The van der Waals surface area contributed by atoms with Crippen molar-refractivity contribution < 1.29 is 9.21 Å². The third-order valence-electron chi connectivity index (χ3n) is 4.53. The maximum atomic E-state index is 12.5. The highest BCUT2D eigenvalue weighted by atomic mass is 16.3. The molecule has 1 saturated heterocycles. The summed E-state index contributed by atoms with van der Waals surface area (Å²) in [5.74, 6) is 2.61. The van der Waals surface area contributed by atoms with Crippen molar-refractivity contribution in [2.24, 2.45) is 7.05 Å². The van der Waals surface area contributed by atoms with Gasteiger partial charge in [-0.15, -0.1) is 0 Å². The van der Waals surface area contributed by atoms with E-state index in [1.807, 2.05) is 19.1 Å². The molecule has 1 aliphatic heterocycles. The van der Waals surface area contributed by atoms with Crippen molar-refractivity contribution in [2.75, 3.05) is 18.4 Å². The summed E-state index contributed by atoms with van der Waals surface area (Å²) in [6.07, 6.45) is 2.01. The van der Waals surface area contributed by atoms with Crippen LogP contribution in [0, 0.1) is 6.92 Å². The average molecular weight is 355 g/mol. The van der Waals surface area contributed by atoms with Crippen LogP contribution in [0.15, 0.2) is 22.6 Å². The lowest BCUT2D eigenvalue weighted by atomic mass is 9.98. The number of hydrogen-bond donors (Lipinski definition) is 3. The molecule has 0 aromatic carbocycles. The molecule has 9 nitrogen and oxygen atoms in total. The predicted octanol–water partition coefficient (Wildman–Crippen LogP) is 1.83. The number of furan rings is 1. The number of nitrogens with one attached hydrogen (secondary N) is 3. The molecule has 4 heterocycles. The van der Waals surface area contributed by atoms with E-state index in [2.05, 4.69) is 30.9 Å². The van der Waals surface area contributed by atoms with Gasteiger partial charge in [-0.25, -0.2) is 4.68 Å². The van der Waals surface area contributed by atoms with Gasteiger partial charge in [-0.05, 0) is 45.0 Å². The van der Waals surface area contributed by atoms with Gasteiger partial charge in [0.1, 0.15) is 11.5 Å². The van der Waals surface area contributed by atoms with Gasteiger partial charge in [-0.1, -0.05) is 0 Å². The normalized spacial score (nSPS) is 15.3. The Morgan fingerprint density at radius 2 is 2.15 bits per heavy atom. The minimum atomic E-state index is -0.344. The average Bonchev–Trinajstić information content (AvgIpc) is 3.36. The van der Waals surface area contributed by atoms with Gasteiger partial charge in [0.25, 0.3) is 5.91 Å². The van der Waals surface area contributed by atoms with E-state index in [1.54, 1.807) is 17.8 Å². The molecule has 136 valence electrons. The minimum Gasteiger partial charge on any atom is -0.460 e. The lowest BCUT2D eigenvalue weighted by molar-refractivity contribution is 0.102. The zero-order chi connectivity index (χ0) is 18.1.